The summed E-state index contributed by atoms with van der Waals surface area (Å²) in [5.41, 5.74) is 5.11. The molecular formula is C11H20N4O4. The number of nitrogens with two attached hydrogens (primary N) is 1. The van der Waals surface area contributed by atoms with Gasteiger partial charge in [-0.25, -0.2) is 4.79 Å². The van der Waals surface area contributed by atoms with Crippen LogP contribution in [0.5, 0.6) is 0 Å². The molecule has 0 aromatic carbocycles. The Balaban J connectivity index is 2.36. The van der Waals surface area contributed by atoms with Gasteiger partial charge in [-0.05, 0) is 0 Å². The fraction of sp³-hybridized carbons (Fsp3) is 0.727. The molecule has 2 N–H and O–H groups in total. The average molecular weight is 272 g/mol. The number of amides is 3. The van der Waals surface area contributed by atoms with E-state index in [2.05, 4.69) is 4.74 Å². The summed E-state index contributed by atoms with van der Waals surface area (Å²) >= 11 is 0. The molecular weight excluding hydrogens is 252 g/mol. The molecule has 19 heavy (non-hydrogen) atoms. The maximum Gasteiger partial charge on any atom is 0.409 e. The largest absolute Gasteiger partial charge is 0.453 e. The summed E-state index contributed by atoms with van der Waals surface area (Å²) in [6, 6.07) is 0. The van der Waals surface area contributed by atoms with Crippen molar-refractivity contribution in [2.45, 2.75) is 0 Å². The summed E-state index contributed by atoms with van der Waals surface area (Å²) in [4.78, 5) is 38.7. The van der Waals surface area contributed by atoms with E-state index in [1.54, 1.807) is 4.90 Å². The fourth-order valence-corrected chi connectivity index (χ4v) is 1.90. The lowest BCUT2D eigenvalue weighted by Crippen LogP contribution is -2.52. The Bertz CT molecular complexity index is 353. The van der Waals surface area contributed by atoms with Crippen molar-refractivity contribution in [1.29, 1.82) is 0 Å². The first kappa shape index (κ1) is 15.2. The molecule has 1 aliphatic rings. The Morgan fingerprint density at radius 3 is 2.26 bits per heavy atom. The zero-order valence-electron chi connectivity index (χ0n) is 11.3. The van der Waals surface area contributed by atoms with Crippen LogP contribution >= 0.6 is 0 Å². The molecule has 0 aromatic heterocycles. The smallest absolute Gasteiger partial charge is 0.409 e. The van der Waals surface area contributed by atoms with Crippen LogP contribution in [0.4, 0.5) is 4.79 Å². The van der Waals surface area contributed by atoms with Gasteiger partial charge in [0.2, 0.25) is 11.8 Å². The molecule has 8 heteroatoms. The van der Waals surface area contributed by atoms with Crippen molar-refractivity contribution in [1.82, 2.24) is 14.7 Å². The van der Waals surface area contributed by atoms with E-state index < -0.39 is 6.09 Å². The number of methoxy groups -OCH3 is 1. The minimum atomic E-state index is -0.541. The van der Waals surface area contributed by atoms with Crippen molar-refractivity contribution in [2.24, 2.45) is 5.73 Å². The summed E-state index contributed by atoms with van der Waals surface area (Å²) in [5, 5.41) is 0. The predicted octanol–water partition coefficient (Wildman–Crippen LogP) is -1.69. The standard InChI is InChI=1S/C11H20N4O4/c1-13(11(18)19-2)8-10(17)15-5-3-14(4-6-15)7-9(12)16/h3-8H2,1-2H3,(H2,12,16). The third-order valence-electron chi connectivity index (χ3n) is 2.96. The summed E-state index contributed by atoms with van der Waals surface area (Å²) in [6.45, 7) is 2.47. The third-order valence-corrected chi connectivity index (χ3v) is 2.96. The lowest BCUT2D eigenvalue weighted by Gasteiger charge is -2.34. The summed E-state index contributed by atoms with van der Waals surface area (Å²) < 4.78 is 4.52. The molecule has 108 valence electrons. The van der Waals surface area contributed by atoms with Crippen LogP contribution in [0.2, 0.25) is 0 Å². The third kappa shape index (κ3) is 4.74. The molecule has 0 aliphatic carbocycles. The molecule has 1 rings (SSSR count). The summed E-state index contributed by atoms with van der Waals surface area (Å²) in [7, 11) is 2.78. The van der Waals surface area contributed by atoms with Crippen molar-refractivity contribution in [2.75, 3.05) is 53.4 Å². The highest BCUT2D eigenvalue weighted by Crippen LogP contribution is 2.02. The van der Waals surface area contributed by atoms with E-state index in [4.69, 9.17) is 5.73 Å². The first-order valence-electron chi connectivity index (χ1n) is 6.01. The van der Waals surface area contributed by atoms with Gasteiger partial charge >= 0.3 is 6.09 Å². The van der Waals surface area contributed by atoms with Crippen LogP contribution < -0.4 is 5.73 Å². The maximum atomic E-state index is 11.9. The average Bonchev–Trinajstić information content (AvgIpc) is 2.37. The normalized spacial score (nSPS) is 16.0. The molecule has 1 heterocycles. The number of piperazine rings is 1. The molecule has 1 aliphatic heterocycles. The molecule has 0 spiro atoms. The fourth-order valence-electron chi connectivity index (χ4n) is 1.90. The minimum Gasteiger partial charge on any atom is -0.453 e. The highest BCUT2D eigenvalue weighted by Gasteiger charge is 2.23. The van der Waals surface area contributed by atoms with Crippen LogP contribution in [0.15, 0.2) is 0 Å². The zero-order chi connectivity index (χ0) is 14.4. The van der Waals surface area contributed by atoms with Gasteiger partial charge in [0.15, 0.2) is 0 Å². The van der Waals surface area contributed by atoms with Crippen molar-refractivity contribution in [3.8, 4) is 0 Å². The number of rotatable bonds is 4. The lowest BCUT2D eigenvalue weighted by atomic mass is 10.3. The SMILES string of the molecule is COC(=O)N(C)CC(=O)N1CCN(CC(N)=O)CC1. The van der Waals surface area contributed by atoms with Gasteiger partial charge in [-0.3, -0.25) is 14.5 Å². The van der Waals surface area contributed by atoms with Gasteiger partial charge < -0.3 is 20.3 Å². The second kappa shape index (κ2) is 6.93. The van der Waals surface area contributed by atoms with E-state index in [0.717, 1.165) is 0 Å². The number of hydrogen-bond acceptors (Lipinski definition) is 5. The molecule has 1 saturated heterocycles. The number of nitrogens with zero attached hydrogens (tertiary/aromatic N) is 3. The molecule has 0 radical (unpaired) electrons. The van der Waals surface area contributed by atoms with Crippen LogP contribution in [-0.4, -0.2) is 86.0 Å². The molecule has 0 atom stereocenters. The second-order valence-corrected chi connectivity index (χ2v) is 4.45. The van der Waals surface area contributed by atoms with Crippen LogP contribution in [0.3, 0.4) is 0 Å². The summed E-state index contributed by atoms with van der Waals surface area (Å²) in [5.74, 6) is -0.503. The number of carbonyl (C=O) groups is 3. The van der Waals surface area contributed by atoms with Gasteiger partial charge in [0.1, 0.15) is 6.54 Å². The van der Waals surface area contributed by atoms with Gasteiger partial charge in [-0.15, -0.1) is 0 Å². The van der Waals surface area contributed by atoms with E-state index in [0.29, 0.717) is 26.2 Å². The van der Waals surface area contributed by atoms with Gasteiger partial charge in [-0.1, -0.05) is 0 Å². The Morgan fingerprint density at radius 2 is 1.79 bits per heavy atom. The lowest BCUT2D eigenvalue weighted by molar-refractivity contribution is -0.133. The van der Waals surface area contributed by atoms with E-state index in [9.17, 15) is 14.4 Å². The van der Waals surface area contributed by atoms with Gasteiger partial charge in [0.25, 0.3) is 0 Å². The van der Waals surface area contributed by atoms with Crippen molar-refractivity contribution in [3.63, 3.8) is 0 Å². The quantitative estimate of drug-likeness (QED) is 0.659. The highest BCUT2D eigenvalue weighted by atomic mass is 16.5. The number of ether oxygens (including phenoxy) is 1. The van der Waals surface area contributed by atoms with E-state index in [1.165, 1.54) is 19.1 Å². The van der Waals surface area contributed by atoms with Crippen molar-refractivity contribution >= 4 is 17.9 Å². The van der Waals surface area contributed by atoms with E-state index in [-0.39, 0.29) is 24.9 Å². The molecule has 0 bridgehead atoms. The van der Waals surface area contributed by atoms with Gasteiger partial charge in [0.05, 0.1) is 13.7 Å². The second-order valence-electron chi connectivity index (χ2n) is 4.45. The molecule has 0 saturated carbocycles. The molecule has 3 amide bonds. The Labute approximate surface area is 112 Å². The first-order valence-corrected chi connectivity index (χ1v) is 6.01. The Hall–Kier alpha value is -1.83. The highest BCUT2D eigenvalue weighted by molar-refractivity contribution is 5.82. The Morgan fingerprint density at radius 1 is 1.21 bits per heavy atom. The van der Waals surface area contributed by atoms with Crippen molar-refractivity contribution in [3.05, 3.63) is 0 Å². The molecule has 0 unspecified atom stereocenters. The predicted molar refractivity (Wildman–Crippen MR) is 67.2 cm³/mol. The molecule has 1 fully saturated rings. The van der Waals surface area contributed by atoms with Crippen LogP contribution in [-0.2, 0) is 14.3 Å². The molecule has 8 nitrogen and oxygen atoms in total. The summed E-state index contributed by atoms with van der Waals surface area (Å²) in [6.07, 6.45) is -0.541. The van der Waals surface area contributed by atoms with Crippen LogP contribution in [0.1, 0.15) is 0 Å². The number of hydrogen-bond donors (Lipinski definition) is 1. The number of primary amides is 1. The molecule has 0 aromatic rings. The minimum absolute atomic E-state index is 0.0114. The van der Waals surface area contributed by atoms with Crippen LogP contribution in [0, 0.1) is 0 Å². The maximum absolute atomic E-state index is 11.9. The van der Waals surface area contributed by atoms with Gasteiger partial charge in [0, 0.05) is 33.2 Å². The number of likely N-dealkylation sites (N-methyl/N-ethyl adjacent to an activating group) is 1. The number of carbonyl (C=O) groups excluding carboxylic acids is 3. The Kier molecular flexibility index (Phi) is 5.56. The zero-order valence-corrected chi connectivity index (χ0v) is 11.3. The van der Waals surface area contributed by atoms with E-state index in [1.807, 2.05) is 4.90 Å². The van der Waals surface area contributed by atoms with E-state index >= 15 is 0 Å². The van der Waals surface area contributed by atoms with Crippen molar-refractivity contribution < 1.29 is 19.1 Å². The van der Waals surface area contributed by atoms with Crippen LogP contribution in [0.25, 0.3) is 0 Å². The van der Waals surface area contributed by atoms with Gasteiger partial charge in [-0.2, -0.15) is 0 Å². The topological polar surface area (TPSA) is 96.2 Å². The first-order chi connectivity index (χ1) is 8.93. The monoisotopic (exact) mass is 272 g/mol.